The van der Waals surface area contributed by atoms with Crippen molar-refractivity contribution in [2.75, 3.05) is 24.6 Å². The first-order valence-corrected chi connectivity index (χ1v) is 6.20. The van der Waals surface area contributed by atoms with Crippen molar-refractivity contribution in [2.45, 2.75) is 18.4 Å². The van der Waals surface area contributed by atoms with Crippen LogP contribution < -0.4 is 10.6 Å². The minimum Gasteiger partial charge on any atom is -0.423 e. The van der Waals surface area contributed by atoms with Crippen molar-refractivity contribution in [2.24, 2.45) is 5.73 Å². The molecule has 0 aliphatic carbocycles. The molecule has 3 rings (SSSR count). The second-order valence-corrected chi connectivity index (χ2v) is 4.97. The third-order valence-corrected chi connectivity index (χ3v) is 3.63. The second kappa shape index (κ2) is 4.26. The number of aliphatic hydroxyl groups excluding tert-OH is 1. The Labute approximate surface area is 105 Å². The number of oxazole rings is 1. The monoisotopic (exact) mass is 247 g/mol. The number of hydrogen-bond acceptors (Lipinski definition) is 5. The molecule has 1 fully saturated rings. The molecule has 0 spiro atoms. The van der Waals surface area contributed by atoms with Crippen LogP contribution >= 0.6 is 0 Å². The van der Waals surface area contributed by atoms with E-state index in [9.17, 15) is 5.11 Å². The van der Waals surface area contributed by atoms with Crippen LogP contribution in [0.25, 0.3) is 11.1 Å². The summed E-state index contributed by atoms with van der Waals surface area (Å²) >= 11 is 0. The molecule has 18 heavy (non-hydrogen) atoms. The van der Waals surface area contributed by atoms with E-state index in [0.717, 1.165) is 37.0 Å². The predicted molar refractivity (Wildman–Crippen MR) is 69.5 cm³/mol. The molecule has 0 atom stereocenters. The Kier molecular flexibility index (Phi) is 2.72. The van der Waals surface area contributed by atoms with Crippen molar-refractivity contribution >= 4 is 17.1 Å². The highest BCUT2D eigenvalue weighted by molar-refractivity contribution is 5.74. The van der Waals surface area contributed by atoms with E-state index in [2.05, 4.69) is 9.88 Å². The van der Waals surface area contributed by atoms with Crippen LogP contribution in [0.1, 0.15) is 12.8 Å². The third-order valence-electron chi connectivity index (χ3n) is 3.63. The van der Waals surface area contributed by atoms with Crippen LogP contribution in [0.5, 0.6) is 0 Å². The average molecular weight is 247 g/mol. The summed E-state index contributed by atoms with van der Waals surface area (Å²) in [5.74, 6) is 0. The van der Waals surface area contributed by atoms with E-state index in [1.807, 2.05) is 24.3 Å². The normalized spacial score (nSPS) is 19.3. The Morgan fingerprint density at radius 2 is 2.06 bits per heavy atom. The number of piperidine rings is 1. The van der Waals surface area contributed by atoms with Crippen molar-refractivity contribution < 1.29 is 9.52 Å². The number of nitrogens with zero attached hydrogens (tertiary/aromatic N) is 2. The van der Waals surface area contributed by atoms with Crippen molar-refractivity contribution in [3.63, 3.8) is 0 Å². The van der Waals surface area contributed by atoms with Crippen LogP contribution in [0, 0.1) is 0 Å². The minimum atomic E-state index is -0.442. The van der Waals surface area contributed by atoms with Crippen molar-refractivity contribution in [3.8, 4) is 0 Å². The molecular weight excluding hydrogens is 230 g/mol. The van der Waals surface area contributed by atoms with Gasteiger partial charge in [-0.1, -0.05) is 12.1 Å². The molecule has 0 saturated carbocycles. The van der Waals surface area contributed by atoms with Gasteiger partial charge in [0.25, 0.3) is 6.01 Å². The van der Waals surface area contributed by atoms with Crippen LogP contribution in [0.3, 0.4) is 0 Å². The van der Waals surface area contributed by atoms with Crippen molar-refractivity contribution in [1.82, 2.24) is 4.98 Å². The van der Waals surface area contributed by atoms with Gasteiger partial charge in [0, 0.05) is 18.6 Å². The Hall–Kier alpha value is -1.59. The number of para-hydroxylation sites is 2. The van der Waals surface area contributed by atoms with E-state index in [0.29, 0.717) is 6.01 Å². The number of fused-ring (bicyclic) bond motifs is 1. The summed E-state index contributed by atoms with van der Waals surface area (Å²) in [5, 5.41) is 9.24. The van der Waals surface area contributed by atoms with Gasteiger partial charge in [-0.15, -0.1) is 0 Å². The summed E-state index contributed by atoms with van der Waals surface area (Å²) < 4.78 is 5.72. The molecule has 2 heterocycles. The van der Waals surface area contributed by atoms with Gasteiger partial charge in [0.2, 0.25) is 0 Å². The summed E-state index contributed by atoms with van der Waals surface area (Å²) in [7, 11) is 0. The molecule has 1 saturated heterocycles. The lowest BCUT2D eigenvalue weighted by Crippen LogP contribution is -2.53. The topological polar surface area (TPSA) is 75.5 Å². The van der Waals surface area contributed by atoms with Gasteiger partial charge in [0.1, 0.15) is 5.52 Å². The highest BCUT2D eigenvalue weighted by Gasteiger charge is 2.31. The quantitative estimate of drug-likeness (QED) is 0.831. The lowest BCUT2D eigenvalue weighted by Gasteiger charge is -2.37. The van der Waals surface area contributed by atoms with Crippen LogP contribution in [0.15, 0.2) is 28.7 Å². The standard InChI is InChI=1S/C13H17N3O2/c14-13(9-17)5-7-16(8-6-13)12-15-10-3-1-2-4-11(10)18-12/h1-4,17H,5-9,14H2. The SMILES string of the molecule is NC1(CO)CCN(c2nc3ccccc3o2)CC1. The highest BCUT2D eigenvalue weighted by atomic mass is 16.4. The first-order valence-electron chi connectivity index (χ1n) is 6.20. The van der Waals surface area contributed by atoms with E-state index >= 15 is 0 Å². The number of anilines is 1. The minimum absolute atomic E-state index is 0.0361. The molecule has 1 aromatic carbocycles. The van der Waals surface area contributed by atoms with E-state index in [1.165, 1.54) is 0 Å². The van der Waals surface area contributed by atoms with Crippen LogP contribution in [0.4, 0.5) is 6.01 Å². The summed E-state index contributed by atoms with van der Waals surface area (Å²) in [6.07, 6.45) is 1.50. The van der Waals surface area contributed by atoms with Gasteiger partial charge in [0.15, 0.2) is 5.58 Å². The molecule has 5 nitrogen and oxygen atoms in total. The average Bonchev–Trinajstić information content (AvgIpc) is 2.83. The highest BCUT2D eigenvalue weighted by Crippen LogP contribution is 2.26. The molecule has 0 amide bonds. The lowest BCUT2D eigenvalue weighted by atomic mass is 9.90. The zero-order chi connectivity index (χ0) is 12.6. The molecule has 0 radical (unpaired) electrons. The number of hydrogen-bond donors (Lipinski definition) is 2. The summed E-state index contributed by atoms with van der Waals surface area (Å²) in [5.41, 5.74) is 7.28. The molecule has 0 unspecified atom stereocenters. The van der Waals surface area contributed by atoms with Gasteiger partial charge in [-0.3, -0.25) is 0 Å². The summed E-state index contributed by atoms with van der Waals surface area (Å²) in [6.45, 7) is 1.57. The molecule has 0 bridgehead atoms. The molecule has 1 aliphatic rings. The van der Waals surface area contributed by atoms with Gasteiger partial charge >= 0.3 is 0 Å². The fourth-order valence-electron chi connectivity index (χ4n) is 2.30. The molecule has 1 aliphatic heterocycles. The second-order valence-electron chi connectivity index (χ2n) is 4.97. The maximum atomic E-state index is 9.24. The molecular formula is C13H17N3O2. The first kappa shape index (κ1) is 11.5. The van der Waals surface area contributed by atoms with Gasteiger partial charge in [-0.25, -0.2) is 0 Å². The number of benzene rings is 1. The largest absolute Gasteiger partial charge is 0.423 e. The number of aromatic nitrogens is 1. The lowest BCUT2D eigenvalue weighted by molar-refractivity contribution is 0.169. The summed E-state index contributed by atoms with van der Waals surface area (Å²) in [4.78, 5) is 6.55. The van der Waals surface area contributed by atoms with E-state index < -0.39 is 5.54 Å². The number of nitrogens with two attached hydrogens (primary N) is 1. The van der Waals surface area contributed by atoms with E-state index in [4.69, 9.17) is 10.2 Å². The van der Waals surface area contributed by atoms with E-state index in [-0.39, 0.29) is 6.61 Å². The van der Waals surface area contributed by atoms with E-state index in [1.54, 1.807) is 0 Å². The summed E-state index contributed by atoms with van der Waals surface area (Å²) in [6, 6.07) is 8.38. The number of aliphatic hydroxyl groups is 1. The fraction of sp³-hybridized carbons (Fsp3) is 0.462. The Morgan fingerprint density at radius 3 is 2.72 bits per heavy atom. The third kappa shape index (κ3) is 1.95. The fourth-order valence-corrected chi connectivity index (χ4v) is 2.30. The number of rotatable bonds is 2. The first-order chi connectivity index (χ1) is 8.70. The van der Waals surface area contributed by atoms with Crippen LogP contribution in [-0.2, 0) is 0 Å². The van der Waals surface area contributed by atoms with Crippen LogP contribution in [-0.4, -0.2) is 35.3 Å². The van der Waals surface area contributed by atoms with Crippen molar-refractivity contribution in [3.05, 3.63) is 24.3 Å². The zero-order valence-corrected chi connectivity index (χ0v) is 10.2. The molecule has 2 aromatic rings. The van der Waals surface area contributed by atoms with Crippen molar-refractivity contribution in [1.29, 1.82) is 0 Å². The smallest absolute Gasteiger partial charge is 0.298 e. The zero-order valence-electron chi connectivity index (χ0n) is 10.2. The predicted octanol–water partition coefficient (Wildman–Crippen LogP) is 1.12. The van der Waals surface area contributed by atoms with Gasteiger partial charge in [-0.05, 0) is 25.0 Å². The van der Waals surface area contributed by atoms with Gasteiger partial charge in [0.05, 0.1) is 6.61 Å². The molecule has 1 aromatic heterocycles. The molecule has 3 N–H and O–H groups in total. The Bertz CT molecular complexity index is 511. The maximum Gasteiger partial charge on any atom is 0.298 e. The molecule has 96 valence electrons. The Morgan fingerprint density at radius 1 is 1.33 bits per heavy atom. The van der Waals surface area contributed by atoms with Crippen LogP contribution in [0.2, 0.25) is 0 Å². The van der Waals surface area contributed by atoms with Gasteiger partial charge in [-0.2, -0.15) is 4.98 Å². The molecule has 5 heteroatoms. The Balaban J connectivity index is 1.80. The van der Waals surface area contributed by atoms with Gasteiger partial charge < -0.3 is 20.2 Å². The maximum absolute atomic E-state index is 9.24.